The largest absolute Gasteiger partial charge is 0.326 e. The van der Waals surface area contributed by atoms with Gasteiger partial charge >= 0.3 is 0 Å². The zero-order valence-corrected chi connectivity index (χ0v) is 17.2. The van der Waals surface area contributed by atoms with Gasteiger partial charge in [0.25, 0.3) is 5.56 Å². The Labute approximate surface area is 174 Å². The highest BCUT2D eigenvalue weighted by Crippen LogP contribution is 2.23. The van der Waals surface area contributed by atoms with Crippen molar-refractivity contribution >= 4 is 22.9 Å². The van der Waals surface area contributed by atoms with Crippen molar-refractivity contribution in [1.82, 2.24) is 10.2 Å². The first kappa shape index (κ1) is 19.6. The van der Waals surface area contributed by atoms with E-state index in [1.165, 1.54) is 4.88 Å². The SMILES string of the molecule is O=C(CCCc1cccs1)Nc1cccc(Cc2n[nH]c(=O)c3c2CCCC3)c1. The van der Waals surface area contributed by atoms with Gasteiger partial charge in [-0.25, -0.2) is 5.10 Å². The maximum absolute atomic E-state index is 12.3. The number of aryl methyl sites for hydroxylation is 1. The van der Waals surface area contributed by atoms with Gasteiger partial charge in [0, 0.05) is 29.0 Å². The molecule has 4 rings (SSSR count). The molecule has 1 amide bonds. The Morgan fingerprint density at radius 3 is 2.83 bits per heavy atom. The fourth-order valence-corrected chi connectivity index (χ4v) is 4.68. The second-order valence-corrected chi connectivity index (χ2v) is 8.55. The highest BCUT2D eigenvalue weighted by Gasteiger charge is 2.18. The quantitative estimate of drug-likeness (QED) is 0.614. The summed E-state index contributed by atoms with van der Waals surface area (Å²) in [6.45, 7) is 0. The van der Waals surface area contributed by atoms with E-state index in [9.17, 15) is 9.59 Å². The first-order chi connectivity index (χ1) is 14.2. The minimum Gasteiger partial charge on any atom is -0.326 e. The molecule has 1 aliphatic rings. The van der Waals surface area contributed by atoms with Crippen molar-refractivity contribution in [2.45, 2.75) is 51.4 Å². The van der Waals surface area contributed by atoms with Crippen LogP contribution in [-0.4, -0.2) is 16.1 Å². The van der Waals surface area contributed by atoms with Crippen molar-refractivity contribution in [3.05, 3.63) is 79.4 Å². The number of carbonyl (C=O) groups excluding carboxylic acids is 1. The topological polar surface area (TPSA) is 74.8 Å². The van der Waals surface area contributed by atoms with Gasteiger partial charge in [-0.1, -0.05) is 18.2 Å². The van der Waals surface area contributed by atoms with E-state index < -0.39 is 0 Å². The number of nitrogens with one attached hydrogen (secondary N) is 2. The van der Waals surface area contributed by atoms with Crippen LogP contribution in [0.5, 0.6) is 0 Å². The van der Waals surface area contributed by atoms with E-state index in [1.807, 2.05) is 30.3 Å². The summed E-state index contributed by atoms with van der Waals surface area (Å²) in [5.74, 6) is 0.0400. The highest BCUT2D eigenvalue weighted by atomic mass is 32.1. The normalized spacial score (nSPS) is 13.1. The lowest BCUT2D eigenvalue weighted by Crippen LogP contribution is -2.23. The van der Waals surface area contributed by atoms with E-state index in [0.717, 1.165) is 66.6 Å². The number of thiophene rings is 1. The lowest BCUT2D eigenvalue weighted by atomic mass is 9.90. The van der Waals surface area contributed by atoms with Crippen molar-refractivity contribution in [3.63, 3.8) is 0 Å². The first-order valence-electron chi connectivity index (χ1n) is 10.2. The van der Waals surface area contributed by atoms with Crippen LogP contribution in [0.3, 0.4) is 0 Å². The molecule has 29 heavy (non-hydrogen) atoms. The Kier molecular flexibility index (Phi) is 6.20. The summed E-state index contributed by atoms with van der Waals surface area (Å²) in [5.41, 5.74) is 4.79. The van der Waals surface area contributed by atoms with Crippen molar-refractivity contribution in [2.24, 2.45) is 0 Å². The third-order valence-electron chi connectivity index (χ3n) is 5.37. The van der Waals surface area contributed by atoms with Crippen LogP contribution in [0, 0.1) is 0 Å². The number of carbonyl (C=O) groups is 1. The van der Waals surface area contributed by atoms with Gasteiger partial charge in [0.1, 0.15) is 0 Å². The van der Waals surface area contributed by atoms with Crippen LogP contribution in [0.4, 0.5) is 5.69 Å². The minimum atomic E-state index is -0.0491. The van der Waals surface area contributed by atoms with E-state index in [4.69, 9.17) is 0 Å². The van der Waals surface area contributed by atoms with Gasteiger partial charge in [-0.15, -0.1) is 11.3 Å². The van der Waals surface area contributed by atoms with E-state index in [-0.39, 0.29) is 11.5 Å². The van der Waals surface area contributed by atoms with E-state index in [0.29, 0.717) is 12.8 Å². The van der Waals surface area contributed by atoms with Crippen molar-refractivity contribution < 1.29 is 4.79 Å². The zero-order valence-electron chi connectivity index (χ0n) is 16.4. The molecule has 2 aromatic heterocycles. The number of aromatic amines is 1. The molecule has 0 saturated carbocycles. The molecule has 150 valence electrons. The minimum absolute atomic E-state index is 0.0400. The molecule has 0 fully saturated rings. The number of rotatable bonds is 7. The average Bonchev–Trinajstić information content (AvgIpc) is 3.24. The van der Waals surface area contributed by atoms with Crippen LogP contribution in [0.1, 0.15) is 52.9 Å². The molecule has 1 aliphatic carbocycles. The summed E-state index contributed by atoms with van der Waals surface area (Å²) in [7, 11) is 0. The molecule has 0 radical (unpaired) electrons. The lowest BCUT2D eigenvalue weighted by Gasteiger charge is -2.17. The molecule has 6 heteroatoms. The van der Waals surface area contributed by atoms with Crippen LogP contribution in [0.15, 0.2) is 46.6 Å². The molecular formula is C23H25N3O2S. The van der Waals surface area contributed by atoms with Crippen LogP contribution < -0.4 is 10.9 Å². The summed E-state index contributed by atoms with van der Waals surface area (Å²) in [4.78, 5) is 25.6. The van der Waals surface area contributed by atoms with E-state index >= 15 is 0 Å². The van der Waals surface area contributed by atoms with Crippen LogP contribution in [0.25, 0.3) is 0 Å². The summed E-state index contributed by atoms with van der Waals surface area (Å²) < 4.78 is 0. The number of amides is 1. The average molecular weight is 408 g/mol. The highest BCUT2D eigenvalue weighted by molar-refractivity contribution is 7.09. The van der Waals surface area contributed by atoms with Gasteiger partial charge in [0.2, 0.25) is 5.91 Å². The standard InChI is InChI=1S/C23H25N3O2S/c27-22(12-4-8-18-9-5-13-29-18)24-17-7-3-6-16(14-17)15-21-19-10-1-2-11-20(19)23(28)26-25-21/h3,5-7,9,13-14H,1-2,4,8,10-12,15H2,(H,24,27)(H,26,28). The van der Waals surface area contributed by atoms with Crippen LogP contribution in [-0.2, 0) is 30.5 Å². The van der Waals surface area contributed by atoms with Gasteiger partial charge in [0.05, 0.1) is 5.69 Å². The van der Waals surface area contributed by atoms with Crippen molar-refractivity contribution in [1.29, 1.82) is 0 Å². The smallest absolute Gasteiger partial charge is 0.267 e. The van der Waals surface area contributed by atoms with E-state index in [1.54, 1.807) is 11.3 Å². The molecule has 2 heterocycles. The number of aromatic nitrogens is 2. The second-order valence-electron chi connectivity index (χ2n) is 7.52. The monoisotopic (exact) mass is 407 g/mol. The molecular weight excluding hydrogens is 382 g/mol. The number of nitrogens with zero attached hydrogens (tertiary/aromatic N) is 1. The molecule has 0 spiro atoms. The van der Waals surface area contributed by atoms with Gasteiger partial charge in [-0.3, -0.25) is 9.59 Å². The summed E-state index contributed by atoms with van der Waals surface area (Å²) >= 11 is 1.73. The molecule has 1 aromatic carbocycles. The first-order valence-corrected chi connectivity index (χ1v) is 11.1. The Balaban J connectivity index is 1.39. The molecule has 0 bridgehead atoms. The van der Waals surface area contributed by atoms with Gasteiger partial charge in [0.15, 0.2) is 0 Å². The number of H-pyrrole nitrogens is 1. The predicted octanol–water partition coefficient (Wildman–Crippen LogP) is 4.26. The molecule has 0 atom stereocenters. The van der Waals surface area contributed by atoms with Gasteiger partial charge in [-0.05, 0) is 73.2 Å². The fourth-order valence-electron chi connectivity index (χ4n) is 3.93. The summed E-state index contributed by atoms with van der Waals surface area (Å²) in [5, 5.41) is 12.0. The second kappa shape index (κ2) is 9.18. The fraction of sp³-hybridized carbons (Fsp3) is 0.348. The lowest BCUT2D eigenvalue weighted by molar-refractivity contribution is -0.116. The maximum atomic E-state index is 12.3. The van der Waals surface area contributed by atoms with Gasteiger partial charge in [-0.2, -0.15) is 5.10 Å². The van der Waals surface area contributed by atoms with Crippen molar-refractivity contribution in [2.75, 3.05) is 5.32 Å². The number of hydrogen-bond donors (Lipinski definition) is 2. The Hall–Kier alpha value is -2.73. The molecule has 0 aliphatic heterocycles. The van der Waals surface area contributed by atoms with Crippen molar-refractivity contribution in [3.8, 4) is 0 Å². The molecule has 0 saturated heterocycles. The Morgan fingerprint density at radius 1 is 1.14 bits per heavy atom. The molecule has 3 aromatic rings. The Bertz CT molecular complexity index is 1040. The third kappa shape index (κ3) is 5.01. The molecule has 2 N–H and O–H groups in total. The van der Waals surface area contributed by atoms with Gasteiger partial charge < -0.3 is 5.32 Å². The summed E-state index contributed by atoms with van der Waals surface area (Å²) in [6.07, 6.45) is 6.87. The van der Waals surface area contributed by atoms with E-state index in [2.05, 4.69) is 27.0 Å². The molecule has 0 unspecified atom stereocenters. The number of anilines is 1. The zero-order chi connectivity index (χ0) is 20.1. The number of benzene rings is 1. The third-order valence-corrected chi connectivity index (χ3v) is 6.31. The summed E-state index contributed by atoms with van der Waals surface area (Å²) in [6, 6.07) is 12.0. The van der Waals surface area contributed by atoms with Crippen LogP contribution >= 0.6 is 11.3 Å². The van der Waals surface area contributed by atoms with Crippen LogP contribution in [0.2, 0.25) is 0 Å². The Morgan fingerprint density at radius 2 is 2.00 bits per heavy atom. The maximum Gasteiger partial charge on any atom is 0.267 e. The predicted molar refractivity (Wildman–Crippen MR) is 117 cm³/mol. The molecule has 5 nitrogen and oxygen atoms in total. The number of hydrogen-bond acceptors (Lipinski definition) is 4. The number of fused-ring (bicyclic) bond motifs is 1.